The summed E-state index contributed by atoms with van der Waals surface area (Å²) in [6, 6.07) is 11.6. The number of carbonyl (C=O) groups is 3. The van der Waals surface area contributed by atoms with E-state index < -0.39 is 17.5 Å². The van der Waals surface area contributed by atoms with Gasteiger partial charge in [-0.3, -0.25) is 19.4 Å². The van der Waals surface area contributed by atoms with Crippen LogP contribution in [-0.2, 0) is 27.3 Å². The number of carbonyl (C=O) groups excluding carboxylic acids is 3. The number of nitrogens with zero attached hydrogens (tertiary/aromatic N) is 3. The van der Waals surface area contributed by atoms with Gasteiger partial charge in [-0.2, -0.15) is 11.3 Å². The Kier molecular flexibility index (Phi) is 6.38. The van der Waals surface area contributed by atoms with Gasteiger partial charge in [0.1, 0.15) is 12.1 Å². The predicted octanol–water partition coefficient (Wildman–Crippen LogP) is 2.76. The molecule has 164 valence electrons. The molecule has 0 radical (unpaired) electrons. The molecule has 1 aromatic heterocycles. The molecule has 4 rings (SSSR count). The van der Waals surface area contributed by atoms with Crippen molar-refractivity contribution in [3.05, 3.63) is 58.3 Å². The standard InChI is InChI=1S/C23H27N3O4S/c1-30-20(27)16-25-21(28)23(9-12-24(13-10-23)15-19-8-14-31-17-19)26(22(25)29)11-7-18-5-3-2-4-6-18/h2-6,8,14,17H,7,9-13,15-16H2,1H3. The van der Waals surface area contributed by atoms with Gasteiger partial charge >= 0.3 is 12.0 Å². The number of benzene rings is 1. The van der Waals surface area contributed by atoms with E-state index >= 15 is 0 Å². The average molecular weight is 442 g/mol. The lowest BCUT2D eigenvalue weighted by atomic mass is 9.85. The zero-order chi connectivity index (χ0) is 21.8. The van der Waals surface area contributed by atoms with Crippen LogP contribution in [0.3, 0.4) is 0 Å². The largest absolute Gasteiger partial charge is 0.468 e. The van der Waals surface area contributed by atoms with E-state index in [1.54, 1.807) is 16.2 Å². The molecular formula is C23H27N3O4S. The Morgan fingerprint density at radius 2 is 1.84 bits per heavy atom. The summed E-state index contributed by atoms with van der Waals surface area (Å²) in [7, 11) is 1.26. The highest BCUT2D eigenvalue weighted by molar-refractivity contribution is 7.07. The summed E-state index contributed by atoms with van der Waals surface area (Å²) in [6.45, 7) is 2.40. The van der Waals surface area contributed by atoms with E-state index in [1.807, 2.05) is 30.3 Å². The number of methoxy groups -OCH3 is 1. The Hall–Kier alpha value is -2.71. The number of imide groups is 1. The number of thiophene rings is 1. The molecule has 7 nitrogen and oxygen atoms in total. The average Bonchev–Trinajstić information content (AvgIpc) is 3.37. The summed E-state index contributed by atoms with van der Waals surface area (Å²) < 4.78 is 4.71. The Labute approximate surface area is 186 Å². The van der Waals surface area contributed by atoms with Gasteiger partial charge in [0.05, 0.1) is 7.11 Å². The minimum Gasteiger partial charge on any atom is -0.468 e. The molecule has 0 N–H and O–H groups in total. The zero-order valence-electron chi connectivity index (χ0n) is 17.7. The highest BCUT2D eigenvalue weighted by Crippen LogP contribution is 2.37. The predicted molar refractivity (Wildman–Crippen MR) is 118 cm³/mol. The van der Waals surface area contributed by atoms with Gasteiger partial charge in [0, 0.05) is 26.2 Å². The molecule has 3 heterocycles. The van der Waals surface area contributed by atoms with Gasteiger partial charge in [0.15, 0.2) is 0 Å². The van der Waals surface area contributed by atoms with E-state index in [0.29, 0.717) is 25.8 Å². The third-order valence-corrected chi connectivity index (χ3v) is 7.01. The highest BCUT2D eigenvalue weighted by atomic mass is 32.1. The third-order valence-electron chi connectivity index (χ3n) is 6.27. The molecule has 0 bridgehead atoms. The number of piperidine rings is 1. The Morgan fingerprint density at radius 1 is 1.10 bits per heavy atom. The maximum absolute atomic E-state index is 13.4. The van der Waals surface area contributed by atoms with E-state index in [0.717, 1.165) is 30.1 Å². The van der Waals surface area contributed by atoms with E-state index in [2.05, 4.69) is 21.7 Å². The van der Waals surface area contributed by atoms with Gasteiger partial charge in [0.25, 0.3) is 5.91 Å². The van der Waals surface area contributed by atoms with Gasteiger partial charge in [-0.15, -0.1) is 0 Å². The lowest BCUT2D eigenvalue weighted by Gasteiger charge is -2.42. The molecule has 0 atom stereocenters. The molecule has 2 fully saturated rings. The second kappa shape index (κ2) is 9.20. The minimum absolute atomic E-state index is 0.272. The van der Waals surface area contributed by atoms with E-state index in [-0.39, 0.29) is 12.5 Å². The normalized spacial score (nSPS) is 18.7. The summed E-state index contributed by atoms with van der Waals surface area (Å²) in [6.07, 6.45) is 1.79. The van der Waals surface area contributed by atoms with Gasteiger partial charge in [-0.25, -0.2) is 4.79 Å². The molecule has 3 amide bonds. The molecular weight excluding hydrogens is 414 g/mol. The first-order chi connectivity index (χ1) is 15.0. The highest BCUT2D eigenvalue weighted by Gasteiger charge is 2.58. The fourth-order valence-electron chi connectivity index (χ4n) is 4.52. The number of esters is 1. The fourth-order valence-corrected chi connectivity index (χ4v) is 5.18. The lowest BCUT2D eigenvalue weighted by Crippen LogP contribution is -2.56. The van der Waals surface area contributed by atoms with Crippen molar-refractivity contribution in [2.75, 3.05) is 33.3 Å². The molecule has 0 aliphatic carbocycles. The zero-order valence-corrected chi connectivity index (χ0v) is 18.5. The first-order valence-corrected chi connectivity index (χ1v) is 11.5. The molecule has 2 aliphatic rings. The first kappa shape index (κ1) is 21.5. The maximum atomic E-state index is 13.4. The van der Waals surface area contributed by atoms with Crippen LogP contribution in [0.25, 0.3) is 0 Å². The topological polar surface area (TPSA) is 70.2 Å². The Balaban J connectivity index is 1.52. The number of rotatable bonds is 7. The van der Waals surface area contributed by atoms with Crippen LogP contribution in [0.5, 0.6) is 0 Å². The molecule has 0 unspecified atom stereocenters. The number of amides is 3. The summed E-state index contributed by atoms with van der Waals surface area (Å²) >= 11 is 1.68. The van der Waals surface area contributed by atoms with E-state index in [9.17, 15) is 14.4 Å². The van der Waals surface area contributed by atoms with Crippen molar-refractivity contribution < 1.29 is 19.1 Å². The second-order valence-corrected chi connectivity index (χ2v) is 8.86. The number of hydrogen-bond donors (Lipinski definition) is 0. The van der Waals surface area contributed by atoms with Crippen molar-refractivity contribution in [2.24, 2.45) is 0 Å². The van der Waals surface area contributed by atoms with Crippen LogP contribution in [0.4, 0.5) is 4.79 Å². The second-order valence-electron chi connectivity index (χ2n) is 8.08. The van der Waals surface area contributed by atoms with Gasteiger partial charge in [0.2, 0.25) is 0 Å². The van der Waals surface area contributed by atoms with Crippen LogP contribution in [0.1, 0.15) is 24.0 Å². The van der Waals surface area contributed by atoms with Crippen LogP contribution in [0, 0.1) is 0 Å². The molecule has 1 spiro atoms. The van der Waals surface area contributed by atoms with Crippen molar-refractivity contribution in [1.29, 1.82) is 0 Å². The molecule has 31 heavy (non-hydrogen) atoms. The monoisotopic (exact) mass is 441 g/mol. The SMILES string of the molecule is COC(=O)CN1C(=O)N(CCc2ccccc2)C2(CCN(Cc3ccsc3)CC2)C1=O. The van der Waals surface area contributed by atoms with Crippen molar-refractivity contribution in [1.82, 2.24) is 14.7 Å². The summed E-state index contributed by atoms with van der Waals surface area (Å²) in [4.78, 5) is 43.6. The summed E-state index contributed by atoms with van der Waals surface area (Å²) in [5.74, 6) is -0.859. The Bertz CT molecular complexity index is 924. The summed E-state index contributed by atoms with van der Waals surface area (Å²) in [5, 5.41) is 4.20. The minimum atomic E-state index is -0.884. The quantitative estimate of drug-likeness (QED) is 0.488. The van der Waals surface area contributed by atoms with Gasteiger partial charge in [-0.1, -0.05) is 30.3 Å². The van der Waals surface area contributed by atoms with Gasteiger partial charge in [-0.05, 0) is 47.2 Å². The fraction of sp³-hybridized carbons (Fsp3) is 0.435. The molecule has 2 aliphatic heterocycles. The van der Waals surface area contributed by atoms with E-state index in [4.69, 9.17) is 4.74 Å². The van der Waals surface area contributed by atoms with Crippen molar-refractivity contribution in [3.8, 4) is 0 Å². The Morgan fingerprint density at radius 3 is 2.48 bits per heavy atom. The first-order valence-electron chi connectivity index (χ1n) is 10.5. The van der Waals surface area contributed by atoms with Crippen LogP contribution in [-0.4, -0.2) is 71.4 Å². The number of hydrogen-bond acceptors (Lipinski definition) is 6. The van der Waals surface area contributed by atoms with Crippen molar-refractivity contribution in [3.63, 3.8) is 0 Å². The molecule has 2 aromatic rings. The van der Waals surface area contributed by atoms with Crippen LogP contribution < -0.4 is 0 Å². The molecule has 2 saturated heterocycles. The number of urea groups is 1. The van der Waals surface area contributed by atoms with Crippen molar-refractivity contribution >= 4 is 29.2 Å². The van der Waals surface area contributed by atoms with Crippen molar-refractivity contribution in [2.45, 2.75) is 31.3 Å². The molecule has 1 aromatic carbocycles. The maximum Gasteiger partial charge on any atom is 0.328 e. The molecule has 8 heteroatoms. The summed E-state index contributed by atoms with van der Waals surface area (Å²) in [5.41, 5.74) is 1.49. The third kappa shape index (κ3) is 4.36. The van der Waals surface area contributed by atoms with Gasteiger partial charge < -0.3 is 9.64 Å². The van der Waals surface area contributed by atoms with Crippen LogP contribution in [0.2, 0.25) is 0 Å². The molecule has 0 saturated carbocycles. The number of ether oxygens (including phenoxy) is 1. The number of likely N-dealkylation sites (tertiary alicyclic amines) is 1. The smallest absolute Gasteiger partial charge is 0.328 e. The van der Waals surface area contributed by atoms with Crippen LogP contribution in [0.15, 0.2) is 47.2 Å². The lowest BCUT2D eigenvalue weighted by molar-refractivity contribution is -0.146. The van der Waals surface area contributed by atoms with E-state index in [1.165, 1.54) is 12.7 Å². The van der Waals surface area contributed by atoms with Crippen LogP contribution >= 0.6 is 11.3 Å².